The van der Waals surface area contributed by atoms with Gasteiger partial charge in [0.2, 0.25) is 0 Å². The summed E-state index contributed by atoms with van der Waals surface area (Å²) in [4.78, 5) is 0. The number of benzene rings is 1. The lowest BCUT2D eigenvalue weighted by Gasteiger charge is -2.21. The molecule has 0 amide bonds. The highest BCUT2D eigenvalue weighted by molar-refractivity contribution is 5.27. The Morgan fingerprint density at radius 1 is 1.11 bits per heavy atom. The summed E-state index contributed by atoms with van der Waals surface area (Å²) in [5.41, 5.74) is 1.30. The smallest absolute Gasteiger partial charge is 0.119 e. The molecule has 0 unspecified atom stereocenters. The van der Waals surface area contributed by atoms with Gasteiger partial charge in [0.05, 0.1) is 6.61 Å². The van der Waals surface area contributed by atoms with Crippen molar-refractivity contribution in [3.8, 4) is 5.75 Å². The van der Waals surface area contributed by atoms with Crippen LogP contribution in [0.5, 0.6) is 5.75 Å². The zero-order chi connectivity index (χ0) is 12.6. The summed E-state index contributed by atoms with van der Waals surface area (Å²) in [6.07, 6.45) is 8.31. The molecule has 0 atom stereocenters. The van der Waals surface area contributed by atoms with E-state index in [1.807, 2.05) is 7.05 Å². The summed E-state index contributed by atoms with van der Waals surface area (Å²) in [5, 5.41) is 3.15. The van der Waals surface area contributed by atoms with Crippen LogP contribution in [0.3, 0.4) is 0 Å². The fourth-order valence-electron chi connectivity index (χ4n) is 2.73. The molecule has 0 saturated heterocycles. The summed E-state index contributed by atoms with van der Waals surface area (Å²) < 4.78 is 5.82. The lowest BCUT2D eigenvalue weighted by atomic mass is 9.87. The molecule has 1 aliphatic rings. The van der Waals surface area contributed by atoms with Crippen LogP contribution in [0.25, 0.3) is 0 Å². The maximum Gasteiger partial charge on any atom is 0.119 e. The minimum atomic E-state index is 0.871. The molecule has 0 aliphatic heterocycles. The Hall–Kier alpha value is -1.02. The molecule has 0 aromatic heterocycles. The Morgan fingerprint density at radius 3 is 2.50 bits per heavy atom. The largest absolute Gasteiger partial charge is 0.494 e. The zero-order valence-electron chi connectivity index (χ0n) is 11.5. The molecule has 1 aliphatic carbocycles. The number of rotatable bonds is 6. The Balaban J connectivity index is 1.69. The van der Waals surface area contributed by atoms with Crippen molar-refractivity contribution in [2.45, 2.75) is 45.1 Å². The second-order valence-electron chi connectivity index (χ2n) is 5.32. The monoisotopic (exact) mass is 247 g/mol. The zero-order valence-corrected chi connectivity index (χ0v) is 11.5. The van der Waals surface area contributed by atoms with E-state index in [-0.39, 0.29) is 0 Å². The average molecular weight is 247 g/mol. The number of hydrogen-bond donors (Lipinski definition) is 1. The van der Waals surface area contributed by atoms with E-state index in [9.17, 15) is 0 Å². The van der Waals surface area contributed by atoms with Gasteiger partial charge in [-0.15, -0.1) is 0 Å². The van der Waals surface area contributed by atoms with Crippen molar-refractivity contribution in [3.05, 3.63) is 29.8 Å². The van der Waals surface area contributed by atoms with Crippen molar-refractivity contribution in [1.29, 1.82) is 0 Å². The summed E-state index contributed by atoms with van der Waals surface area (Å²) in [7, 11) is 1.97. The Kier molecular flexibility index (Phi) is 5.53. The first-order valence-corrected chi connectivity index (χ1v) is 7.25. The average Bonchev–Trinajstić information content (AvgIpc) is 2.42. The Bertz CT molecular complexity index is 327. The molecule has 1 aromatic carbocycles. The van der Waals surface area contributed by atoms with Gasteiger partial charge in [-0.2, -0.15) is 0 Å². The van der Waals surface area contributed by atoms with Crippen molar-refractivity contribution in [1.82, 2.24) is 5.32 Å². The fourth-order valence-corrected chi connectivity index (χ4v) is 2.73. The van der Waals surface area contributed by atoms with E-state index >= 15 is 0 Å². The van der Waals surface area contributed by atoms with Crippen LogP contribution in [0.1, 0.15) is 44.1 Å². The second-order valence-corrected chi connectivity index (χ2v) is 5.32. The molecule has 2 heteroatoms. The maximum absolute atomic E-state index is 5.82. The summed E-state index contributed by atoms with van der Waals surface area (Å²) in [6, 6.07) is 8.42. The van der Waals surface area contributed by atoms with Crippen LogP contribution in [0.4, 0.5) is 0 Å². The predicted octanol–water partition coefficient (Wildman–Crippen LogP) is 3.76. The van der Waals surface area contributed by atoms with Gasteiger partial charge in [0.15, 0.2) is 0 Å². The molecule has 1 aromatic rings. The molecule has 1 saturated carbocycles. The topological polar surface area (TPSA) is 21.3 Å². The van der Waals surface area contributed by atoms with Crippen LogP contribution in [0, 0.1) is 5.92 Å². The lowest BCUT2D eigenvalue weighted by Crippen LogP contribution is -2.10. The third-order valence-corrected chi connectivity index (χ3v) is 3.82. The molecule has 1 fully saturated rings. The highest BCUT2D eigenvalue weighted by atomic mass is 16.5. The van der Waals surface area contributed by atoms with Gasteiger partial charge in [-0.3, -0.25) is 0 Å². The van der Waals surface area contributed by atoms with Gasteiger partial charge in [0.1, 0.15) is 5.75 Å². The van der Waals surface area contributed by atoms with Gasteiger partial charge in [-0.25, -0.2) is 0 Å². The number of nitrogens with one attached hydrogen (secondary N) is 1. The predicted molar refractivity (Wildman–Crippen MR) is 75.9 cm³/mol. The van der Waals surface area contributed by atoms with Crippen LogP contribution >= 0.6 is 0 Å². The van der Waals surface area contributed by atoms with E-state index in [4.69, 9.17) is 4.74 Å². The van der Waals surface area contributed by atoms with E-state index in [1.165, 1.54) is 44.1 Å². The van der Waals surface area contributed by atoms with Gasteiger partial charge < -0.3 is 10.1 Å². The molecule has 100 valence electrons. The van der Waals surface area contributed by atoms with Crippen LogP contribution in [0.2, 0.25) is 0 Å². The molecular formula is C16H25NO. The lowest BCUT2D eigenvalue weighted by molar-refractivity contribution is 0.246. The summed E-state index contributed by atoms with van der Waals surface area (Å²) in [6.45, 7) is 1.79. The molecular weight excluding hydrogens is 222 g/mol. The van der Waals surface area contributed by atoms with Crippen molar-refractivity contribution >= 4 is 0 Å². The fraction of sp³-hybridized carbons (Fsp3) is 0.625. The van der Waals surface area contributed by atoms with Crippen LogP contribution < -0.4 is 10.1 Å². The Labute approximate surface area is 111 Å². The molecule has 0 radical (unpaired) electrons. The van der Waals surface area contributed by atoms with Crippen LogP contribution in [-0.2, 0) is 6.54 Å². The third kappa shape index (κ3) is 4.34. The minimum Gasteiger partial charge on any atom is -0.494 e. The molecule has 0 bridgehead atoms. The standard InChI is InChI=1S/C16H25NO/c1-17-13-15-7-9-16(10-8-15)18-12-11-14-5-3-2-4-6-14/h7-10,14,17H,2-6,11-13H2,1H3. The summed E-state index contributed by atoms with van der Waals surface area (Å²) >= 11 is 0. The van der Waals surface area contributed by atoms with E-state index in [0.717, 1.165) is 24.8 Å². The van der Waals surface area contributed by atoms with Crippen molar-refractivity contribution in [2.75, 3.05) is 13.7 Å². The van der Waals surface area contributed by atoms with Gasteiger partial charge in [0, 0.05) is 6.54 Å². The first kappa shape index (κ1) is 13.4. The SMILES string of the molecule is CNCc1ccc(OCCC2CCCCC2)cc1. The highest BCUT2D eigenvalue weighted by Gasteiger charge is 2.12. The Morgan fingerprint density at radius 2 is 1.83 bits per heavy atom. The highest BCUT2D eigenvalue weighted by Crippen LogP contribution is 2.26. The minimum absolute atomic E-state index is 0.871. The van der Waals surface area contributed by atoms with E-state index < -0.39 is 0 Å². The molecule has 1 N–H and O–H groups in total. The molecule has 2 nitrogen and oxygen atoms in total. The number of ether oxygens (including phenoxy) is 1. The van der Waals surface area contributed by atoms with E-state index in [2.05, 4.69) is 29.6 Å². The second kappa shape index (κ2) is 7.42. The van der Waals surface area contributed by atoms with Gasteiger partial charge in [-0.1, -0.05) is 44.2 Å². The molecule has 18 heavy (non-hydrogen) atoms. The molecule has 0 heterocycles. The summed E-state index contributed by atoms with van der Waals surface area (Å²) in [5.74, 6) is 1.91. The van der Waals surface area contributed by atoms with E-state index in [1.54, 1.807) is 0 Å². The van der Waals surface area contributed by atoms with E-state index in [0.29, 0.717) is 0 Å². The van der Waals surface area contributed by atoms with Crippen LogP contribution in [-0.4, -0.2) is 13.7 Å². The molecule has 2 rings (SSSR count). The van der Waals surface area contributed by atoms with Gasteiger partial charge >= 0.3 is 0 Å². The third-order valence-electron chi connectivity index (χ3n) is 3.82. The van der Waals surface area contributed by atoms with Crippen molar-refractivity contribution in [2.24, 2.45) is 5.92 Å². The maximum atomic E-state index is 5.82. The quantitative estimate of drug-likeness (QED) is 0.826. The van der Waals surface area contributed by atoms with Gasteiger partial charge in [0.25, 0.3) is 0 Å². The first-order chi connectivity index (χ1) is 8.88. The first-order valence-electron chi connectivity index (χ1n) is 7.25. The van der Waals surface area contributed by atoms with Crippen molar-refractivity contribution in [3.63, 3.8) is 0 Å². The van der Waals surface area contributed by atoms with Crippen molar-refractivity contribution < 1.29 is 4.74 Å². The van der Waals surface area contributed by atoms with Crippen LogP contribution in [0.15, 0.2) is 24.3 Å². The normalized spacial score (nSPS) is 16.7. The number of hydrogen-bond acceptors (Lipinski definition) is 2. The molecule has 0 spiro atoms. The van der Waals surface area contributed by atoms with Gasteiger partial charge in [-0.05, 0) is 37.1 Å².